The Morgan fingerprint density at radius 3 is 1.88 bits per heavy atom. The fourth-order valence-corrected chi connectivity index (χ4v) is 2.03. The summed E-state index contributed by atoms with van der Waals surface area (Å²) in [5, 5.41) is 10.2. The summed E-state index contributed by atoms with van der Waals surface area (Å²) < 4.78 is 0. The topological polar surface area (TPSA) is 40.1 Å². The zero-order chi connectivity index (χ0) is 12.9. The predicted molar refractivity (Wildman–Crippen MR) is 70.6 cm³/mol. The van der Waals surface area contributed by atoms with E-state index in [0.29, 0.717) is 0 Å². The van der Waals surface area contributed by atoms with Gasteiger partial charge in [-0.2, -0.15) is 0 Å². The number of rotatable bonds is 12. The number of carbonyl (C=O) groups is 1. The molecular formula is C15H29O2-. The van der Waals surface area contributed by atoms with Crippen molar-refractivity contribution in [3.63, 3.8) is 0 Å². The predicted octanol–water partition coefficient (Wildman–Crippen LogP) is 3.68. The molecule has 0 rings (SSSR count). The molecule has 0 bridgehead atoms. The minimum absolute atomic E-state index is 0.231. The van der Waals surface area contributed by atoms with Crippen LogP contribution in [0, 0.1) is 5.92 Å². The van der Waals surface area contributed by atoms with Crippen LogP contribution in [0.15, 0.2) is 0 Å². The van der Waals surface area contributed by atoms with Crippen LogP contribution in [0.25, 0.3) is 0 Å². The number of carboxylic acid groups (broad SMARTS) is 1. The average Bonchev–Trinajstić information content (AvgIpc) is 2.30. The first-order chi connectivity index (χ1) is 8.16. The molecule has 0 radical (unpaired) electrons. The molecule has 17 heavy (non-hydrogen) atoms. The van der Waals surface area contributed by atoms with Crippen molar-refractivity contribution in [2.45, 2.75) is 84.5 Å². The molecule has 0 N–H and O–H groups in total. The molecule has 0 aliphatic rings. The lowest BCUT2D eigenvalue weighted by molar-refractivity contribution is -0.305. The van der Waals surface area contributed by atoms with Gasteiger partial charge in [-0.15, -0.1) is 0 Å². The van der Waals surface area contributed by atoms with E-state index in [1.807, 2.05) is 0 Å². The maximum atomic E-state index is 10.2. The van der Waals surface area contributed by atoms with E-state index in [2.05, 4.69) is 13.8 Å². The molecule has 0 unspecified atom stereocenters. The van der Waals surface area contributed by atoms with Crippen LogP contribution in [-0.4, -0.2) is 5.97 Å². The lowest BCUT2D eigenvalue weighted by atomic mass is 9.99. The molecule has 2 nitrogen and oxygen atoms in total. The van der Waals surface area contributed by atoms with Crippen LogP contribution < -0.4 is 5.11 Å². The Labute approximate surface area is 107 Å². The third-order valence-corrected chi connectivity index (χ3v) is 3.52. The largest absolute Gasteiger partial charge is 0.550 e. The molecule has 0 heterocycles. The smallest absolute Gasteiger partial charge is 0.0414 e. The van der Waals surface area contributed by atoms with Gasteiger partial charge in [-0.3, -0.25) is 0 Å². The highest BCUT2D eigenvalue weighted by Crippen LogP contribution is 2.14. The van der Waals surface area contributed by atoms with E-state index in [9.17, 15) is 9.90 Å². The molecule has 2 heteroatoms. The minimum atomic E-state index is -0.907. The van der Waals surface area contributed by atoms with Gasteiger partial charge in [0.05, 0.1) is 0 Å². The Bertz CT molecular complexity index is 178. The first kappa shape index (κ1) is 16.5. The van der Waals surface area contributed by atoms with Crippen LogP contribution in [0.3, 0.4) is 0 Å². The maximum absolute atomic E-state index is 10.2. The van der Waals surface area contributed by atoms with E-state index >= 15 is 0 Å². The molecular weight excluding hydrogens is 212 g/mol. The van der Waals surface area contributed by atoms with Gasteiger partial charge >= 0.3 is 0 Å². The SMILES string of the molecule is CC[C@@H](C)CCCCCCCCCCC(=O)[O-]. The number of hydrogen-bond donors (Lipinski definition) is 0. The second kappa shape index (κ2) is 11.9. The molecule has 0 aromatic heterocycles. The fourth-order valence-electron chi connectivity index (χ4n) is 2.03. The quantitative estimate of drug-likeness (QED) is 0.489. The number of unbranched alkanes of at least 4 members (excludes halogenated alkanes) is 7. The third-order valence-electron chi connectivity index (χ3n) is 3.52. The van der Waals surface area contributed by atoms with E-state index in [4.69, 9.17) is 0 Å². The Morgan fingerprint density at radius 1 is 0.941 bits per heavy atom. The molecule has 0 saturated heterocycles. The minimum Gasteiger partial charge on any atom is -0.550 e. The first-order valence-corrected chi connectivity index (χ1v) is 7.36. The van der Waals surface area contributed by atoms with Crippen LogP contribution in [-0.2, 0) is 4.79 Å². The lowest BCUT2D eigenvalue weighted by Crippen LogP contribution is -2.21. The van der Waals surface area contributed by atoms with Crippen LogP contribution in [0.1, 0.15) is 84.5 Å². The molecule has 0 saturated carbocycles. The average molecular weight is 241 g/mol. The number of carbonyl (C=O) groups excluding carboxylic acids is 1. The van der Waals surface area contributed by atoms with Gasteiger partial charge in [0, 0.05) is 5.97 Å². The van der Waals surface area contributed by atoms with E-state index in [0.717, 1.165) is 18.8 Å². The number of hydrogen-bond acceptors (Lipinski definition) is 2. The molecule has 0 aliphatic heterocycles. The van der Waals surface area contributed by atoms with Gasteiger partial charge in [0.1, 0.15) is 0 Å². The van der Waals surface area contributed by atoms with Crippen molar-refractivity contribution < 1.29 is 9.90 Å². The zero-order valence-electron chi connectivity index (χ0n) is 11.7. The van der Waals surface area contributed by atoms with Crippen molar-refractivity contribution >= 4 is 5.97 Å². The van der Waals surface area contributed by atoms with Gasteiger partial charge in [-0.1, -0.05) is 71.6 Å². The summed E-state index contributed by atoms with van der Waals surface area (Å²) in [6, 6.07) is 0. The van der Waals surface area contributed by atoms with Gasteiger partial charge in [-0.05, 0) is 18.8 Å². The third kappa shape index (κ3) is 13.4. The van der Waals surface area contributed by atoms with Gasteiger partial charge in [-0.25, -0.2) is 0 Å². The highest BCUT2D eigenvalue weighted by molar-refractivity contribution is 5.63. The Balaban J connectivity index is 3.01. The fraction of sp³-hybridized carbons (Fsp3) is 0.933. The van der Waals surface area contributed by atoms with Crippen LogP contribution in [0.2, 0.25) is 0 Å². The van der Waals surface area contributed by atoms with Gasteiger partial charge < -0.3 is 9.90 Å². The molecule has 1 atom stereocenters. The van der Waals surface area contributed by atoms with Crippen molar-refractivity contribution in [2.24, 2.45) is 5.92 Å². The van der Waals surface area contributed by atoms with Crippen molar-refractivity contribution in [1.82, 2.24) is 0 Å². The van der Waals surface area contributed by atoms with E-state index in [-0.39, 0.29) is 6.42 Å². The standard InChI is InChI=1S/C15H30O2/c1-3-14(2)12-10-8-6-4-5-7-9-11-13-15(16)17/h14H,3-13H2,1-2H3,(H,16,17)/p-1/t14-/m1/s1. The summed E-state index contributed by atoms with van der Waals surface area (Å²) in [5.41, 5.74) is 0. The van der Waals surface area contributed by atoms with Crippen LogP contribution >= 0.6 is 0 Å². The van der Waals surface area contributed by atoms with Crippen molar-refractivity contribution in [2.75, 3.05) is 0 Å². The van der Waals surface area contributed by atoms with E-state index in [1.165, 1.54) is 51.4 Å². The molecule has 0 amide bonds. The Kier molecular flexibility index (Phi) is 11.6. The normalized spacial score (nSPS) is 12.6. The van der Waals surface area contributed by atoms with Crippen molar-refractivity contribution in [1.29, 1.82) is 0 Å². The zero-order valence-corrected chi connectivity index (χ0v) is 11.7. The highest BCUT2D eigenvalue weighted by atomic mass is 16.4. The highest BCUT2D eigenvalue weighted by Gasteiger charge is 1.98. The second-order valence-corrected chi connectivity index (χ2v) is 5.25. The lowest BCUT2D eigenvalue weighted by Gasteiger charge is -2.07. The van der Waals surface area contributed by atoms with Crippen molar-refractivity contribution in [3.05, 3.63) is 0 Å². The summed E-state index contributed by atoms with van der Waals surface area (Å²) in [4.78, 5) is 10.2. The summed E-state index contributed by atoms with van der Waals surface area (Å²) >= 11 is 0. The van der Waals surface area contributed by atoms with Crippen LogP contribution in [0.5, 0.6) is 0 Å². The maximum Gasteiger partial charge on any atom is 0.0414 e. The summed E-state index contributed by atoms with van der Waals surface area (Å²) in [6.45, 7) is 4.59. The second-order valence-electron chi connectivity index (χ2n) is 5.25. The monoisotopic (exact) mass is 241 g/mol. The number of carboxylic acids is 1. The summed E-state index contributed by atoms with van der Waals surface area (Å²) in [5.74, 6) is -0.0188. The molecule has 0 aromatic rings. The molecule has 102 valence electrons. The van der Waals surface area contributed by atoms with Gasteiger partial charge in [0.25, 0.3) is 0 Å². The van der Waals surface area contributed by atoms with Gasteiger partial charge in [0.15, 0.2) is 0 Å². The molecule has 0 aliphatic carbocycles. The molecule has 0 spiro atoms. The van der Waals surface area contributed by atoms with Gasteiger partial charge in [0.2, 0.25) is 0 Å². The summed E-state index contributed by atoms with van der Waals surface area (Å²) in [7, 11) is 0. The van der Waals surface area contributed by atoms with Crippen molar-refractivity contribution in [3.8, 4) is 0 Å². The van der Waals surface area contributed by atoms with E-state index in [1.54, 1.807) is 0 Å². The van der Waals surface area contributed by atoms with E-state index < -0.39 is 5.97 Å². The van der Waals surface area contributed by atoms with Crippen LogP contribution in [0.4, 0.5) is 0 Å². The molecule has 0 fully saturated rings. The first-order valence-electron chi connectivity index (χ1n) is 7.36. The number of aliphatic carboxylic acids is 1. The molecule has 0 aromatic carbocycles. The Hall–Kier alpha value is -0.530. The Morgan fingerprint density at radius 2 is 1.41 bits per heavy atom. The summed E-state index contributed by atoms with van der Waals surface area (Å²) in [6.07, 6.45) is 12.6.